The van der Waals surface area contributed by atoms with Gasteiger partial charge in [-0.3, -0.25) is 19.3 Å². The molecule has 136 valence electrons. The van der Waals surface area contributed by atoms with Crippen LogP contribution in [-0.4, -0.2) is 46.7 Å². The van der Waals surface area contributed by atoms with Crippen molar-refractivity contribution in [3.05, 3.63) is 35.4 Å². The lowest BCUT2D eigenvalue weighted by Crippen LogP contribution is -2.52. The van der Waals surface area contributed by atoms with Gasteiger partial charge in [-0.05, 0) is 37.3 Å². The Kier molecular flexibility index (Phi) is 5.98. The van der Waals surface area contributed by atoms with Crippen LogP contribution in [0.25, 0.3) is 0 Å². The number of amides is 3. The fourth-order valence-corrected chi connectivity index (χ4v) is 3.28. The third-order valence-corrected chi connectivity index (χ3v) is 4.40. The molecule has 1 aliphatic heterocycles. The van der Waals surface area contributed by atoms with Gasteiger partial charge in [0.05, 0.1) is 11.1 Å². The van der Waals surface area contributed by atoms with Crippen molar-refractivity contribution in [2.45, 2.75) is 47.1 Å². The first-order valence-corrected chi connectivity index (χ1v) is 9.03. The van der Waals surface area contributed by atoms with Crippen molar-refractivity contribution in [3.63, 3.8) is 0 Å². The number of fused-ring (bicyclic) bond motifs is 1. The minimum Gasteiger partial charge on any atom is -0.341 e. The van der Waals surface area contributed by atoms with Crippen LogP contribution in [0.5, 0.6) is 0 Å². The molecule has 1 unspecified atom stereocenters. The molecule has 5 heteroatoms. The molecule has 0 fully saturated rings. The summed E-state index contributed by atoms with van der Waals surface area (Å²) in [6.07, 6.45) is 0.471. The van der Waals surface area contributed by atoms with Crippen LogP contribution in [0, 0.1) is 11.8 Å². The fourth-order valence-electron chi connectivity index (χ4n) is 3.28. The van der Waals surface area contributed by atoms with E-state index in [1.165, 1.54) is 4.90 Å². The number of nitrogens with zero attached hydrogens (tertiary/aromatic N) is 2. The summed E-state index contributed by atoms with van der Waals surface area (Å²) in [5.74, 6) is -0.346. The van der Waals surface area contributed by atoms with Gasteiger partial charge in [0.25, 0.3) is 11.8 Å². The van der Waals surface area contributed by atoms with Gasteiger partial charge in [-0.1, -0.05) is 39.8 Å². The van der Waals surface area contributed by atoms with Crippen molar-refractivity contribution in [2.24, 2.45) is 11.8 Å². The molecule has 5 nitrogen and oxygen atoms in total. The monoisotopic (exact) mass is 344 g/mol. The topological polar surface area (TPSA) is 57.7 Å². The number of likely N-dealkylation sites (N-methyl/N-ethyl adjacent to an activating group) is 1. The standard InChI is InChI=1S/C20H28N2O3/c1-6-21(12-14(4)5)20(25)17(11-13(2)3)22-18(23)15-9-7-8-10-16(15)19(22)24/h7-10,13-14,17H,6,11-12H2,1-5H3. The predicted octanol–water partition coefficient (Wildman–Crippen LogP) is 3.20. The van der Waals surface area contributed by atoms with Gasteiger partial charge in [0, 0.05) is 13.1 Å². The van der Waals surface area contributed by atoms with Crippen LogP contribution in [0.15, 0.2) is 24.3 Å². The maximum Gasteiger partial charge on any atom is 0.262 e. The molecule has 1 heterocycles. The molecule has 0 saturated heterocycles. The van der Waals surface area contributed by atoms with Crippen molar-refractivity contribution in [1.82, 2.24) is 9.80 Å². The zero-order valence-corrected chi connectivity index (χ0v) is 15.8. The maximum atomic E-state index is 13.2. The van der Waals surface area contributed by atoms with Crippen molar-refractivity contribution >= 4 is 17.7 Å². The van der Waals surface area contributed by atoms with Crippen LogP contribution >= 0.6 is 0 Å². The van der Waals surface area contributed by atoms with Gasteiger partial charge in [-0.25, -0.2) is 0 Å². The largest absolute Gasteiger partial charge is 0.341 e. The van der Waals surface area contributed by atoms with Crippen LogP contribution in [0.3, 0.4) is 0 Å². The molecule has 0 aliphatic carbocycles. The third kappa shape index (κ3) is 3.91. The summed E-state index contributed by atoms with van der Waals surface area (Å²) in [7, 11) is 0. The highest BCUT2D eigenvalue weighted by atomic mass is 16.2. The highest BCUT2D eigenvalue weighted by Crippen LogP contribution is 2.28. The summed E-state index contributed by atoms with van der Waals surface area (Å²) in [6.45, 7) is 11.2. The molecule has 1 aromatic rings. The SMILES string of the molecule is CCN(CC(C)C)C(=O)C(CC(C)C)N1C(=O)c2ccccc2C1=O. The van der Waals surface area contributed by atoms with Gasteiger partial charge >= 0.3 is 0 Å². The Balaban J connectivity index is 2.37. The van der Waals surface area contributed by atoms with E-state index in [-0.39, 0.29) is 23.6 Å². The van der Waals surface area contributed by atoms with E-state index in [1.54, 1.807) is 29.2 Å². The number of benzene rings is 1. The lowest BCUT2D eigenvalue weighted by molar-refractivity contribution is -0.136. The minimum absolute atomic E-state index is 0.139. The molecular formula is C20H28N2O3. The second-order valence-corrected chi connectivity index (χ2v) is 7.44. The van der Waals surface area contributed by atoms with E-state index >= 15 is 0 Å². The van der Waals surface area contributed by atoms with Gasteiger partial charge in [0.1, 0.15) is 6.04 Å². The van der Waals surface area contributed by atoms with E-state index < -0.39 is 6.04 Å². The van der Waals surface area contributed by atoms with Crippen LogP contribution in [0.2, 0.25) is 0 Å². The molecule has 1 aromatic carbocycles. The van der Waals surface area contributed by atoms with Crippen LogP contribution < -0.4 is 0 Å². The molecule has 3 amide bonds. The zero-order chi connectivity index (χ0) is 18.7. The highest BCUT2D eigenvalue weighted by molar-refractivity contribution is 6.22. The van der Waals surface area contributed by atoms with Crippen LogP contribution in [-0.2, 0) is 4.79 Å². The Labute approximate surface area is 150 Å². The van der Waals surface area contributed by atoms with Crippen molar-refractivity contribution in [3.8, 4) is 0 Å². The molecule has 0 bridgehead atoms. The van der Waals surface area contributed by atoms with Gasteiger partial charge < -0.3 is 4.90 Å². The molecule has 2 rings (SSSR count). The lowest BCUT2D eigenvalue weighted by Gasteiger charge is -2.32. The summed E-state index contributed by atoms with van der Waals surface area (Å²) in [6, 6.07) is 6.04. The third-order valence-electron chi connectivity index (χ3n) is 4.40. The summed E-state index contributed by atoms with van der Waals surface area (Å²) in [5.41, 5.74) is 0.780. The fraction of sp³-hybridized carbons (Fsp3) is 0.550. The normalized spacial score (nSPS) is 15.1. The molecule has 0 saturated carbocycles. The lowest BCUT2D eigenvalue weighted by atomic mass is 10.0. The van der Waals surface area contributed by atoms with E-state index in [0.717, 1.165) is 0 Å². The summed E-state index contributed by atoms with van der Waals surface area (Å²) in [5, 5.41) is 0. The Hall–Kier alpha value is -2.17. The number of carbonyl (C=O) groups excluding carboxylic acids is 3. The first kappa shape index (κ1) is 19.2. The first-order valence-electron chi connectivity index (χ1n) is 9.03. The second-order valence-electron chi connectivity index (χ2n) is 7.44. The van der Waals surface area contributed by atoms with E-state index in [2.05, 4.69) is 13.8 Å². The Morgan fingerprint density at radius 2 is 1.52 bits per heavy atom. The van der Waals surface area contributed by atoms with Crippen molar-refractivity contribution < 1.29 is 14.4 Å². The Morgan fingerprint density at radius 1 is 1.00 bits per heavy atom. The number of rotatable bonds is 7. The van der Waals surface area contributed by atoms with E-state index in [1.807, 2.05) is 20.8 Å². The molecule has 0 radical (unpaired) electrons. The molecule has 1 atom stereocenters. The first-order chi connectivity index (χ1) is 11.8. The number of hydrogen-bond acceptors (Lipinski definition) is 3. The quantitative estimate of drug-likeness (QED) is 0.714. The van der Waals surface area contributed by atoms with Gasteiger partial charge in [0.2, 0.25) is 5.91 Å². The Morgan fingerprint density at radius 3 is 1.92 bits per heavy atom. The molecule has 25 heavy (non-hydrogen) atoms. The molecule has 0 aromatic heterocycles. The van der Waals surface area contributed by atoms with Gasteiger partial charge in [-0.2, -0.15) is 0 Å². The van der Waals surface area contributed by atoms with Gasteiger partial charge in [-0.15, -0.1) is 0 Å². The van der Waals surface area contributed by atoms with Crippen molar-refractivity contribution in [2.75, 3.05) is 13.1 Å². The second kappa shape index (κ2) is 7.81. The van der Waals surface area contributed by atoms with Crippen molar-refractivity contribution in [1.29, 1.82) is 0 Å². The summed E-state index contributed by atoms with van der Waals surface area (Å²) in [4.78, 5) is 41.7. The molecule has 1 aliphatic rings. The van der Waals surface area contributed by atoms with Crippen LogP contribution in [0.1, 0.15) is 61.8 Å². The number of hydrogen-bond donors (Lipinski definition) is 0. The van der Waals surface area contributed by atoms with E-state index in [9.17, 15) is 14.4 Å². The zero-order valence-electron chi connectivity index (χ0n) is 15.8. The average molecular weight is 344 g/mol. The van der Waals surface area contributed by atoms with E-state index in [4.69, 9.17) is 0 Å². The van der Waals surface area contributed by atoms with Crippen LogP contribution in [0.4, 0.5) is 0 Å². The van der Waals surface area contributed by atoms with E-state index in [0.29, 0.717) is 36.6 Å². The highest BCUT2D eigenvalue weighted by Gasteiger charge is 2.43. The van der Waals surface area contributed by atoms with Gasteiger partial charge in [0.15, 0.2) is 0 Å². The number of imide groups is 1. The smallest absolute Gasteiger partial charge is 0.262 e. The average Bonchev–Trinajstić information content (AvgIpc) is 2.81. The summed E-state index contributed by atoms with van der Waals surface area (Å²) >= 11 is 0. The maximum absolute atomic E-state index is 13.2. The molecule has 0 spiro atoms. The minimum atomic E-state index is -0.744. The molecular weight excluding hydrogens is 316 g/mol. The molecule has 0 N–H and O–H groups in total. The predicted molar refractivity (Wildman–Crippen MR) is 97.3 cm³/mol. The Bertz CT molecular complexity index is 632. The number of carbonyl (C=O) groups is 3. The summed E-state index contributed by atoms with van der Waals surface area (Å²) < 4.78 is 0.